The summed E-state index contributed by atoms with van der Waals surface area (Å²) in [5.41, 5.74) is 8.22. The van der Waals surface area contributed by atoms with E-state index in [1.165, 1.54) is 11.8 Å². The normalized spacial score (nSPS) is 15.9. The van der Waals surface area contributed by atoms with Crippen molar-refractivity contribution in [1.82, 2.24) is 0 Å². The van der Waals surface area contributed by atoms with E-state index in [1.54, 1.807) is 19.2 Å². The molecule has 1 aliphatic rings. The molecule has 0 bridgehead atoms. The monoisotopic (exact) mass is 283 g/mol. The standard InChI is InChI=1S/C16H13NO2S/c1-19-11-7-8-12-13(9-11)20-16(15(12)18)14(17)10-5-3-2-4-6-10/h2-9H,17H2,1H3/b16-14+. The van der Waals surface area contributed by atoms with Crippen LogP contribution in [0, 0.1) is 0 Å². The zero-order valence-corrected chi connectivity index (χ0v) is 11.7. The molecule has 3 rings (SSSR count). The number of ether oxygens (including phenoxy) is 1. The van der Waals surface area contributed by atoms with Gasteiger partial charge in [-0.2, -0.15) is 0 Å². The molecule has 2 N–H and O–H groups in total. The van der Waals surface area contributed by atoms with Gasteiger partial charge in [0.15, 0.2) is 0 Å². The van der Waals surface area contributed by atoms with Crippen LogP contribution in [0.25, 0.3) is 5.70 Å². The maximum absolute atomic E-state index is 12.4. The first kappa shape index (κ1) is 12.8. The minimum Gasteiger partial charge on any atom is -0.497 e. The molecular weight excluding hydrogens is 270 g/mol. The van der Waals surface area contributed by atoms with Gasteiger partial charge in [-0.3, -0.25) is 4.79 Å². The van der Waals surface area contributed by atoms with Crippen molar-refractivity contribution in [2.45, 2.75) is 4.90 Å². The van der Waals surface area contributed by atoms with Crippen molar-refractivity contribution in [3.05, 3.63) is 64.6 Å². The summed E-state index contributed by atoms with van der Waals surface area (Å²) in [6.07, 6.45) is 0. The summed E-state index contributed by atoms with van der Waals surface area (Å²) in [6.45, 7) is 0. The average molecular weight is 283 g/mol. The largest absolute Gasteiger partial charge is 0.497 e. The van der Waals surface area contributed by atoms with Gasteiger partial charge < -0.3 is 10.5 Å². The van der Waals surface area contributed by atoms with E-state index in [0.29, 0.717) is 16.2 Å². The molecule has 0 saturated carbocycles. The third-order valence-electron chi connectivity index (χ3n) is 3.18. The minimum atomic E-state index is -0.0194. The first-order valence-electron chi connectivity index (χ1n) is 6.16. The Labute approximate surface area is 121 Å². The molecule has 0 unspecified atom stereocenters. The maximum Gasteiger partial charge on any atom is 0.202 e. The molecule has 3 nitrogen and oxygen atoms in total. The Bertz CT molecular complexity index is 708. The lowest BCUT2D eigenvalue weighted by atomic mass is 10.1. The van der Waals surface area contributed by atoms with Crippen LogP contribution in [0.1, 0.15) is 15.9 Å². The van der Waals surface area contributed by atoms with Crippen LogP contribution in [0.3, 0.4) is 0 Å². The van der Waals surface area contributed by atoms with Gasteiger partial charge in [-0.1, -0.05) is 42.1 Å². The predicted molar refractivity (Wildman–Crippen MR) is 80.7 cm³/mol. The summed E-state index contributed by atoms with van der Waals surface area (Å²) >= 11 is 1.40. The number of fused-ring (bicyclic) bond motifs is 1. The van der Waals surface area contributed by atoms with Gasteiger partial charge in [0.2, 0.25) is 5.78 Å². The van der Waals surface area contributed by atoms with Crippen LogP contribution in [-0.4, -0.2) is 12.9 Å². The van der Waals surface area contributed by atoms with Crippen LogP contribution >= 0.6 is 11.8 Å². The molecule has 0 aromatic heterocycles. The molecule has 100 valence electrons. The van der Waals surface area contributed by atoms with Gasteiger partial charge in [0.05, 0.1) is 17.7 Å². The van der Waals surface area contributed by atoms with Gasteiger partial charge in [0.1, 0.15) is 5.75 Å². The maximum atomic E-state index is 12.4. The minimum absolute atomic E-state index is 0.0194. The Morgan fingerprint density at radius 3 is 2.60 bits per heavy atom. The number of carbonyl (C=O) groups excluding carboxylic acids is 1. The molecule has 0 aliphatic carbocycles. The van der Waals surface area contributed by atoms with E-state index in [1.807, 2.05) is 36.4 Å². The van der Waals surface area contributed by atoms with Crippen molar-refractivity contribution < 1.29 is 9.53 Å². The fourth-order valence-electron chi connectivity index (χ4n) is 2.11. The molecule has 0 atom stereocenters. The fraction of sp³-hybridized carbons (Fsp3) is 0.0625. The number of benzene rings is 2. The van der Waals surface area contributed by atoms with E-state index in [4.69, 9.17) is 10.5 Å². The molecule has 0 spiro atoms. The Kier molecular flexibility index (Phi) is 3.24. The topological polar surface area (TPSA) is 52.3 Å². The Hall–Kier alpha value is -2.20. The van der Waals surface area contributed by atoms with Crippen LogP contribution < -0.4 is 10.5 Å². The Morgan fingerprint density at radius 1 is 1.15 bits per heavy atom. The van der Waals surface area contributed by atoms with Crippen LogP contribution in [0.2, 0.25) is 0 Å². The number of carbonyl (C=O) groups is 1. The van der Waals surface area contributed by atoms with Crippen LogP contribution in [0.15, 0.2) is 58.3 Å². The van der Waals surface area contributed by atoms with Gasteiger partial charge in [-0.15, -0.1) is 0 Å². The zero-order valence-electron chi connectivity index (χ0n) is 10.9. The molecule has 2 aromatic carbocycles. The van der Waals surface area contributed by atoms with E-state index in [-0.39, 0.29) is 5.78 Å². The lowest BCUT2D eigenvalue weighted by Crippen LogP contribution is -2.04. The highest BCUT2D eigenvalue weighted by Gasteiger charge is 2.28. The molecule has 0 radical (unpaired) electrons. The second-order valence-corrected chi connectivity index (χ2v) is 5.45. The van der Waals surface area contributed by atoms with E-state index in [0.717, 1.165) is 16.2 Å². The first-order chi connectivity index (χ1) is 9.70. The highest BCUT2D eigenvalue weighted by molar-refractivity contribution is 8.05. The van der Waals surface area contributed by atoms with E-state index in [9.17, 15) is 4.79 Å². The van der Waals surface area contributed by atoms with Crippen molar-refractivity contribution >= 4 is 23.2 Å². The summed E-state index contributed by atoms with van der Waals surface area (Å²) in [6, 6.07) is 15.0. The number of methoxy groups -OCH3 is 1. The third kappa shape index (κ3) is 2.08. The third-order valence-corrected chi connectivity index (χ3v) is 4.35. The van der Waals surface area contributed by atoms with E-state index >= 15 is 0 Å². The van der Waals surface area contributed by atoms with Crippen molar-refractivity contribution in [3.63, 3.8) is 0 Å². The Morgan fingerprint density at radius 2 is 1.90 bits per heavy atom. The molecule has 0 fully saturated rings. The number of allylic oxidation sites excluding steroid dienone is 1. The number of rotatable bonds is 2. The highest BCUT2D eigenvalue weighted by Crippen LogP contribution is 2.43. The number of thioether (sulfide) groups is 1. The van der Waals surface area contributed by atoms with Crippen molar-refractivity contribution in [2.24, 2.45) is 5.73 Å². The molecule has 20 heavy (non-hydrogen) atoms. The van der Waals surface area contributed by atoms with Gasteiger partial charge in [-0.25, -0.2) is 0 Å². The van der Waals surface area contributed by atoms with E-state index < -0.39 is 0 Å². The van der Waals surface area contributed by atoms with Gasteiger partial charge in [0, 0.05) is 10.5 Å². The molecule has 1 heterocycles. The molecule has 0 amide bonds. The fourth-order valence-corrected chi connectivity index (χ4v) is 3.20. The second-order valence-electron chi connectivity index (χ2n) is 4.40. The van der Waals surface area contributed by atoms with Crippen molar-refractivity contribution in [1.29, 1.82) is 0 Å². The smallest absolute Gasteiger partial charge is 0.202 e. The summed E-state index contributed by atoms with van der Waals surface area (Å²) in [7, 11) is 1.61. The SMILES string of the molecule is COc1ccc2c(c1)S/C(=C(/N)c1ccccc1)C2=O. The van der Waals surface area contributed by atoms with Crippen molar-refractivity contribution in [3.8, 4) is 5.75 Å². The van der Waals surface area contributed by atoms with Crippen LogP contribution in [0.4, 0.5) is 0 Å². The first-order valence-corrected chi connectivity index (χ1v) is 6.98. The van der Waals surface area contributed by atoms with Crippen LogP contribution in [0.5, 0.6) is 5.75 Å². The van der Waals surface area contributed by atoms with Crippen LogP contribution in [-0.2, 0) is 0 Å². The summed E-state index contributed by atoms with van der Waals surface area (Å²) in [5, 5.41) is 0. The van der Waals surface area contributed by atoms with Gasteiger partial charge in [0.25, 0.3) is 0 Å². The average Bonchev–Trinajstić information content (AvgIpc) is 2.84. The zero-order chi connectivity index (χ0) is 14.1. The molecule has 2 aromatic rings. The number of nitrogens with two attached hydrogens (primary N) is 1. The molecule has 1 aliphatic heterocycles. The summed E-state index contributed by atoms with van der Waals surface area (Å²) in [4.78, 5) is 13.9. The number of ketones is 1. The second kappa shape index (κ2) is 5.06. The number of hydrogen-bond acceptors (Lipinski definition) is 4. The predicted octanol–water partition coefficient (Wildman–Crippen LogP) is 3.31. The molecule has 4 heteroatoms. The van der Waals surface area contributed by atoms with E-state index in [2.05, 4.69) is 0 Å². The molecule has 0 saturated heterocycles. The number of hydrogen-bond donors (Lipinski definition) is 1. The van der Waals surface area contributed by atoms with Crippen molar-refractivity contribution in [2.75, 3.05) is 7.11 Å². The number of Topliss-reactive ketones (excluding diaryl/α,β-unsaturated/α-hetero) is 1. The lowest BCUT2D eigenvalue weighted by Gasteiger charge is -2.04. The lowest BCUT2D eigenvalue weighted by molar-refractivity contribution is 0.104. The van der Waals surface area contributed by atoms with Gasteiger partial charge >= 0.3 is 0 Å². The summed E-state index contributed by atoms with van der Waals surface area (Å²) < 4.78 is 5.18. The highest BCUT2D eigenvalue weighted by atomic mass is 32.2. The molecular formula is C16H13NO2S. The van der Waals surface area contributed by atoms with Gasteiger partial charge in [-0.05, 0) is 23.8 Å². The quantitative estimate of drug-likeness (QED) is 0.859. The summed E-state index contributed by atoms with van der Waals surface area (Å²) in [5.74, 6) is 0.720. The Balaban J connectivity index is 2.05.